The van der Waals surface area contributed by atoms with Crippen LogP contribution >= 0.6 is 23.1 Å². The van der Waals surface area contributed by atoms with E-state index in [1.54, 1.807) is 18.2 Å². The number of amides is 2. The Labute approximate surface area is 230 Å². The van der Waals surface area contributed by atoms with E-state index in [2.05, 4.69) is 20.3 Å². The summed E-state index contributed by atoms with van der Waals surface area (Å²) in [6.45, 7) is -0.205. The molecule has 1 saturated heterocycles. The first-order chi connectivity index (χ1) is 18.9. The van der Waals surface area contributed by atoms with Gasteiger partial charge in [0.15, 0.2) is 10.8 Å². The number of aromatic nitrogens is 1. The molecule has 0 aliphatic carbocycles. The average molecular weight is 597 g/mol. The minimum absolute atomic E-state index is 0.0725. The number of rotatable bonds is 8. The van der Waals surface area contributed by atoms with Crippen molar-refractivity contribution in [3.8, 4) is 11.8 Å². The maximum absolute atomic E-state index is 12.9. The zero-order valence-electron chi connectivity index (χ0n) is 19.7. The number of thioether (sulfide) groups is 1. The molecule has 13 nitrogen and oxygen atoms in total. The molecule has 1 unspecified atom stereocenters. The van der Waals surface area contributed by atoms with Crippen molar-refractivity contribution in [1.29, 1.82) is 5.26 Å². The fraction of sp³-hybridized carbons (Fsp3) is 0.227. The highest BCUT2D eigenvalue weighted by atomic mass is 32.2. The summed E-state index contributed by atoms with van der Waals surface area (Å²) in [5.74, 6) is -5.76. The van der Waals surface area contributed by atoms with Gasteiger partial charge < -0.3 is 25.7 Å². The molecule has 3 heterocycles. The number of halogens is 3. The van der Waals surface area contributed by atoms with Crippen molar-refractivity contribution >= 4 is 57.7 Å². The predicted octanol–water partition coefficient (Wildman–Crippen LogP) is 1.22. The Morgan fingerprint density at radius 2 is 2.10 bits per heavy atom. The number of hydrogen-bond donors (Lipinski definition) is 3. The molecule has 0 radical (unpaired) electrons. The molecule has 18 heteroatoms. The van der Waals surface area contributed by atoms with Crippen LogP contribution in [0.15, 0.2) is 46.1 Å². The first kappa shape index (κ1) is 28.4. The number of nitrogen functional groups attached to an aromatic ring is 1. The van der Waals surface area contributed by atoms with E-state index in [1.807, 2.05) is 6.07 Å². The van der Waals surface area contributed by atoms with E-state index in [0.717, 1.165) is 28.0 Å². The van der Waals surface area contributed by atoms with Gasteiger partial charge in [-0.05, 0) is 18.2 Å². The number of nitrogens with two attached hydrogens (primary N) is 1. The van der Waals surface area contributed by atoms with Crippen LogP contribution < -0.4 is 15.8 Å². The minimum atomic E-state index is -5.39. The molecule has 4 rings (SSSR count). The standard InChI is InChI=1S/C22H15F3N6O7S2/c23-22(24,25)20(36)38-30-13(12-8-40-21(27)28-12)16(32)29-14-17(33)31-15(19(34)35)10(7-39-18(14)31)6-37-11-3-1-2-9(4-11)5-26/h1-4,8,14,18H,6-7H2,(H2,27,28)(H,29,32)(H,34,35)/t14?,18-/m0/s1. The van der Waals surface area contributed by atoms with E-state index in [9.17, 15) is 37.5 Å². The van der Waals surface area contributed by atoms with Crippen LogP contribution in [0.1, 0.15) is 11.3 Å². The number of hydrogen-bond acceptors (Lipinski definition) is 12. The third-order valence-corrected chi connectivity index (χ3v) is 7.36. The molecule has 40 heavy (non-hydrogen) atoms. The van der Waals surface area contributed by atoms with Gasteiger partial charge in [-0.15, -0.1) is 23.1 Å². The number of anilines is 1. The molecule has 0 saturated carbocycles. The summed E-state index contributed by atoms with van der Waals surface area (Å²) in [7, 11) is 0. The van der Waals surface area contributed by atoms with E-state index < -0.39 is 47.1 Å². The summed E-state index contributed by atoms with van der Waals surface area (Å²) < 4.78 is 43.2. The van der Waals surface area contributed by atoms with Gasteiger partial charge in [0.25, 0.3) is 11.8 Å². The van der Waals surface area contributed by atoms with Crippen LogP contribution in [0.4, 0.5) is 18.3 Å². The van der Waals surface area contributed by atoms with Gasteiger partial charge >= 0.3 is 18.1 Å². The largest absolute Gasteiger partial charge is 0.493 e. The Balaban J connectivity index is 1.51. The number of ether oxygens (including phenoxy) is 1. The molecule has 4 N–H and O–H groups in total. The number of thiazole rings is 1. The maximum Gasteiger partial charge on any atom is 0.493 e. The Hall–Kier alpha value is -4.63. The molecule has 2 atom stereocenters. The van der Waals surface area contributed by atoms with Crippen molar-refractivity contribution in [2.24, 2.45) is 5.16 Å². The van der Waals surface area contributed by atoms with Gasteiger partial charge in [-0.25, -0.2) is 14.6 Å². The first-order valence-electron chi connectivity index (χ1n) is 10.8. The Morgan fingerprint density at radius 3 is 2.73 bits per heavy atom. The summed E-state index contributed by atoms with van der Waals surface area (Å²) in [5, 5.41) is 24.3. The quantitative estimate of drug-likeness (QED) is 0.171. The lowest BCUT2D eigenvalue weighted by Crippen LogP contribution is -2.71. The summed E-state index contributed by atoms with van der Waals surface area (Å²) in [5.41, 5.74) is 4.56. The second-order valence-electron chi connectivity index (χ2n) is 7.93. The lowest BCUT2D eigenvalue weighted by atomic mass is 10.0. The van der Waals surface area contributed by atoms with Crippen LogP contribution in [-0.4, -0.2) is 74.4 Å². The van der Waals surface area contributed by atoms with E-state index in [0.29, 0.717) is 11.3 Å². The Bertz CT molecular complexity index is 1500. The van der Waals surface area contributed by atoms with Gasteiger partial charge in [0, 0.05) is 16.7 Å². The van der Waals surface area contributed by atoms with Gasteiger partial charge in [-0.3, -0.25) is 14.5 Å². The molecular formula is C22H15F3N6O7S2. The molecule has 2 aliphatic heterocycles. The number of aliphatic carboxylic acids is 1. The average Bonchev–Trinajstić information content (AvgIpc) is 3.34. The molecule has 1 fully saturated rings. The van der Waals surface area contributed by atoms with E-state index >= 15 is 0 Å². The van der Waals surface area contributed by atoms with Gasteiger partial charge in [-0.2, -0.15) is 18.4 Å². The number of nitrogens with one attached hydrogen (secondary N) is 1. The summed E-state index contributed by atoms with van der Waals surface area (Å²) >= 11 is 1.92. The maximum atomic E-state index is 12.9. The topological polar surface area (TPSA) is 197 Å². The monoisotopic (exact) mass is 596 g/mol. The molecule has 0 bridgehead atoms. The van der Waals surface area contributed by atoms with Gasteiger partial charge in [0.2, 0.25) is 0 Å². The second kappa shape index (κ2) is 11.2. The van der Waals surface area contributed by atoms with E-state index in [4.69, 9.17) is 15.7 Å². The van der Waals surface area contributed by atoms with E-state index in [1.165, 1.54) is 11.4 Å². The SMILES string of the molecule is N#Cc1cccc(OCC2=C(C(=O)O)N3C(=O)C(NC(=O)C(=NOC(=O)C(F)(F)F)c4csc(N)n4)[C@@H]3SC2)c1. The molecule has 1 aromatic carbocycles. The first-order valence-corrected chi connectivity index (χ1v) is 12.7. The fourth-order valence-electron chi connectivity index (χ4n) is 3.57. The lowest BCUT2D eigenvalue weighted by molar-refractivity contribution is -0.199. The fourth-order valence-corrected chi connectivity index (χ4v) is 5.44. The molecule has 1 aromatic heterocycles. The van der Waals surface area contributed by atoms with Crippen LogP contribution in [0.5, 0.6) is 5.75 Å². The molecule has 2 amide bonds. The highest BCUT2D eigenvalue weighted by Gasteiger charge is 2.54. The zero-order chi connectivity index (χ0) is 29.2. The number of alkyl halides is 3. The van der Waals surface area contributed by atoms with Crippen molar-refractivity contribution in [3.63, 3.8) is 0 Å². The number of fused-ring (bicyclic) bond motifs is 1. The summed E-state index contributed by atoms with van der Waals surface area (Å²) in [4.78, 5) is 57.5. The van der Waals surface area contributed by atoms with Crippen molar-refractivity contribution in [1.82, 2.24) is 15.2 Å². The Kier molecular flexibility index (Phi) is 7.97. The van der Waals surface area contributed by atoms with Crippen molar-refractivity contribution in [2.75, 3.05) is 18.1 Å². The number of benzene rings is 1. The number of nitrogens with zero attached hydrogens (tertiary/aromatic N) is 4. The molecule has 0 spiro atoms. The van der Waals surface area contributed by atoms with Gasteiger partial charge in [-0.1, -0.05) is 11.2 Å². The minimum Gasteiger partial charge on any atom is -0.489 e. The van der Waals surface area contributed by atoms with Crippen LogP contribution in [0.3, 0.4) is 0 Å². The Morgan fingerprint density at radius 1 is 1.35 bits per heavy atom. The number of nitriles is 1. The highest BCUT2D eigenvalue weighted by molar-refractivity contribution is 8.00. The molecule has 2 aliphatic rings. The summed E-state index contributed by atoms with van der Waals surface area (Å²) in [6.07, 6.45) is -5.39. The highest BCUT2D eigenvalue weighted by Crippen LogP contribution is 2.40. The van der Waals surface area contributed by atoms with Gasteiger partial charge in [0.05, 0.1) is 11.6 Å². The number of β-lactam (4-membered cyclic amide) rings is 1. The number of carboxylic acid groups (broad SMARTS) is 1. The predicted molar refractivity (Wildman–Crippen MR) is 132 cm³/mol. The third-order valence-electron chi connectivity index (χ3n) is 5.34. The van der Waals surface area contributed by atoms with Crippen LogP contribution in [-0.2, 0) is 24.0 Å². The van der Waals surface area contributed by atoms with E-state index in [-0.39, 0.29) is 34.5 Å². The number of carbonyl (C=O) groups excluding carboxylic acids is 3. The number of carboxylic acids is 1. The van der Waals surface area contributed by atoms with Crippen molar-refractivity contribution < 1.29 is 47.0 Å². The normalized spacial score (nSPS) is 18.8. The van der Waals surface area contributed by atoms with Crippen molar-refractivity contribution in [2.45, 2.75) is 17.6 Å². The molecule has 208 valence electrons. The lowest BCUT2D eigenvalue weighted by Gasteiger charge is -2.49. The van der Waals surface area contributed by atoms with Crippen LogP contribution in [0.2, 0.25) is 0 Å². The number of oxime groups is 1. The molecule has 2 aromatic rings. The zero-order valence-corrected chi connectivity index (χ0v) is 21.3. The van der Waals surface area contributed by atoms with Gasteiger partial charge in [0.1, 0.15) is 35.2 Å². The molecular weight excluding hydrogens is 581 g/mol. The van der Waals surface area contributed by atoms with Crippen LogP contribution in [0, 0.1) is 11.3 Å². The summed E-state index contributed by atoms with van der Waals surface area (Å²) in [6, 6.07) is 6.83. The smallest absolute Gasteiger partial charge is 0.489 e. The third kappa shape index (κ3) is 5.84. The van der Waals surface area contributed by atoms with Crippen LogP contribution in [0.25, 0.3) is 0 Å². The second-order valence-corrected chi connectivity index (χ2v) is 9.93. The number of carbonyl (C=O) groups is 4. The van der Waals surface area contributed by atoms with Crippen molar-refractivity contribution in [3.05, 3.63) is 52.2 Å².